The Kier molecular flexibility index (Phi) is 4.89. The smallest absolute Gasteiger partial charge is 0.275 e. The molecule has 1 aromatic carbocycles. The molecule has 3 N–H and O–H groups in total. The van der Waals surface area contributed by atoms with Gasteiger partial charge in [0.2, 0.25) is 0 Å². The molecule has 1 aromatic heterocycles. The number of aromatic nitrogens is 1. The van der Waals surface area contributed by atoms with Gasteiger partial charge in [0.1, 0.15) is 10.7 Å². The second kappa shape index (κ2) is 6.67. The Labute approximate surface area is 133 Å². The first-order valence-corrected chi connectivity index (χ1v) is 7.58. The molecule has 2 amide bonds. The van der Waals surface area contributed by atoms with E-state index in [0.717, 1.165) is 5.56 Å². The van der Waals surface area contributed by atoms with Gasteiger partial charge in [-0.15, -0.1) is 11.3 Å². The average molecular weight is 318 g/mol. The molecule has 0 atom stereocenters. The van der Waals surface area contributed by atoms with E-state index in [4.69, 9.17) is 5.73 Å². The molecule has 0 aliphatic carbocycles. The number of thiazole rings is 1. The summed E-state index contributed by atoms with van der Waals surface area (Å²) in [5.74, 6) is -0.357. The summed E-state index contributed by atoms with van der Waals surface area (Å²) in [5.41, 5.74) is 7.87. The van der Waals surface area contributed by atoms with Crippen LogP contribution < -0.4 is 11.1 Å². The lowest BCUT2D eigenvalue weighted by Gasteiger charge is -2.13. The fraction of sp³-hybridized carbons (Fsp3) is 0.267. The molecule has 0 unspecified atom stereocenters. The lowest BCUT2D eigenvalue weighted by molar-refractivity contribution is 0.0826. The zero-order valence-electron chi connectivity index (χ0n) is 12.7. The first-order chi connectivity index (χ1) is 10.4. The number of carbonyl (C=O) groups excluding carboxylic acids is 2. The Bertz CT molecular complexity index is 709. The minimum absolute atomic E-state index is 0.0672. The van der Waals surface area contributed by atoms with Gasteiger partial charge in [-0.05, 0) is 30.7 Å². The molecule has 0 radical (unpaired) electrons. The molecule has 0 saturated heterocycles. The van der Waals surface area contributed by atoms with Crippen LogP contribution in [0.2, 0.25) is 0 Å². The highest BCUT2D eigenvalue weighted by Gasteiger charge is 2.14. The van der Waals surface area contributed by atoms with E-state index in [9.17, 15) is 9.59 Å². The Morgan fingerprint density at radius 3 is 2.64 bits per heavy atom. The molecule has 6 nitrogen and oxygen atoms in total. The van der Waals surface area contributed by atoms with Crippen LogP contribution in [0.3, 0.4) is 0 Å². The molecule has 2 aromatic rings. The molecular formula is C15H18N4O2S. The van der Waals surface area contributed by atoms with E-state index >= 15 is 0 Å². The molecule has 0 saturated carbocycles. The van der Waals surface area contributed by atoms with Crippen molar-refractivity contribution < 1.29 is 9.59 Å². The molecule has 116 valence electrons. The molecule has 0 aliphatic rings. The molecule has 1 heterocycles. The molecular weight excluding hydrogens is 300 g/mol. The fourth-order valence-corrected chi connectivity index (χ4v) is 2.58. The summed E-state index contributed by atoms with van der Waals surface area (Å²) in [6.07, 6.45) is 0. The van der Waals surface area contributed by atoms with E-state index in [1.807, 2.05) is 6.92 Å². The Balaban J connectivity index is 2.15. The minimum atomic E-state index is -0.290. The highest BCUT2D eigenvalue weighted by molar-refractivity contribution is 7.09. The third-order valence-corrected chi connectivity index (χ3v) is 3.95. The zero-order valence-corrected chi connectivity index (χ0v) is 13.5. The molecule has 22 heavy (non-hydrogen) atoms. The standard InChI is InChI=1S/C15H18N4O2S/c1-9-6-10(4-5-11(9)15(21)19(2)3)17-14(20)12-8-22-13(7-16)18-12/h4-6,8H,7,16H2,1-3H3,(H,17,20). The van der Waals surface area contributed by atoms with E-state index in [1.165, 1.54) is 16.2 Å². The molecule has 0 spiro atoms. The summed E-state index contributed by atoms with van der Waals surface area (Å²) in [6, 6.07) is 5.18. The molecule has 0 bridgehead atoms. The van der Waals surface area contributed by atoms with Crippen molar-refractivity contribution in [2.75, 3.05) is 19.4 Å². The van der Waals surface area contributed by atoms with Crippen molar-refractivity contribution in [3.63, 3.8) is 0 Å². The van der Waals surface area contributed by atoms with Gasteiger partial charge in [-0.1, -0.05) is 0 Å². The summed E-state index contributed by atoms with van der Waals surface area (Å²) in [6.45, 7) is 2.15. The van der Waals surface area contributed by atoms with Crippen LogP contribution in [0, 0.1) is 6.92 Å². The number of amides is 2. The minimum Gasteiger partial charge on any atom is -0.345 e. The maximum Gasteiger partial charge on any atom is 0.275 e. The van der Waals surface area contributed by atoms with Crippen molar-refractivity contribution in [2.45, 2.75) is 13.5 Å². The summed E-state index contributed by atoms with van der Waals surface area (Å²) >= 11 is 1.35. The van der Waals surface area contributed by atoms with E-state index < -0.39 is 0 Å². The largest absolute Gasteiger partial charge is 0.345 e. The van der Waals surface area contributed by atoms with Gasteiger partial charge in [-0.25, -0.2) is 4.98 Å². The SMILES string of the molecule is Cc1cc(NC(=O)c2csc(CN)n2)ccc1C(=O)N(C)C. The van der Waals surface area contributed by atoms with Gasteiger partial charge in [0, 0.05) is 37.3 Å². The molecule has 0 aliphatic heterocycles. The Morgan fingerprint density at radius 2 is 2.09 bits per heavy atom. The monoisotopic (exact) mass is 318 g/mol. The van der Waals surface area contributed by atoms with Crippen LogP contribution in [0.4, 0.5) is 5.69 Å². The van der Waals surface area contributed by atoms with Crippen molar-refractivity contribution >= 4 is 28.8 Å². The highest BCUT2D eigenvalue weighted by atomic mass is 32.1. The molecule has 0 fully saturated rings. The predicted octanol–water partition coefficient (Wildman–Crippen LogP) is 1.86. The van der Waals surface area contributed by atoms with Crippen molar-refractivity contribution in [1.29, 1.82) is 0 Å². The van der Waals surface area contributed by atoms with Crippen molar-refractivity contribution in [2.24, 2.45) is 5.73 Å². The van der Waals surface area contributed by atoms with Crippen molar-refractivity contribution in [3.05, 3.63) is 45.4 Å². The second-order valence-electron chi connectivity index (χ2n) is 5.01. The first-order valence-electron chi connectivity index (χ1n) is 6.70. The zero-order chi connectivity index (χ0) is 16.3. The normalized spacial score (nSPS) is 10.4. The lowest BCUT2D eigenvalue weighted by atomic mass is 10.1. The average Bonchev–Trinajstić information content (AvgIpc) is 2.95. The number of anilines is 1. The fourth-order valence-electron chi connectivity index (χ4n) is 1.93. The maximum atomic E-state index is 12.1. The third-order valence-electron chi connectivity index (χ3n) is 3.08. The van der Waals surface area contributed by atoms with E-state index in [1.54, 1.807) is 37.7 Å². The number of hydrogen-bond acceptors (Lipinski definition) is 5. The number of nitrogens with one attached hydrogen (secondary N) is 1. The van der Waals surface area contributed by atoms with Gasteiger partial charge < -0.3 is 16.0 Å². The summed E-state index contributed by atoms with van der Waals surface area (Å²) in [5, 5.41) is 5.16. The number of benzene rings is 1. The second-order valence-corrected chi connectivity index (χ2v) is 5.96. The Hall–Kier alpha value is -2.25. The number of nitrogens with zero attached hydrogens (tertiary/aromatic N) is 2. The van der Waals surface area contributed by atoms with E-state index in [-0.39, 0.29) is 11.8 Å². The van der Waals surface area contributed by atoms with E-state index in [2.05, 4.69) is 10.3 Å². The molecule has 7 heteroatoms. The van der Waals surface area contributed by atoms with Gasteiger partial charge in [0.15, 0.2) is 0 Å². The lowest BCUT2D eigenvalue weighted by Crippen LogP contribution is -2.22. The first kappa shape index (κ1) is 16.1. The van der Waals surface area contributed by atoms with Crippen LogP contribution in [0.25, 0.3) is 0 Å². The number of hydrogen-bond donors (Lipinski definition) is 2. The summed E-state index contributed by atoms with van der Waals surface area (Å²) in [7, 11) is 3.41. The number of aryl methyl sites for hydroxylation is 1. The van der Waals surface area contributed by atoms with Gasteiger partial charge >= 0.3 is 0 Å². The maximum absolute atomic E-state index is 12.1. The van der Waals surface area contributed by atoms with Crippen LogP contribution in [-0.4, -0.2) is 35.8 Å². The quantitative estimate of drug-likeness (QED) is 0.900. The topological polar surface area (TPSA) is 88.3 Å². The Morgan fingerprint density at radius 1 is 1.36 bits per heavy atom. The predicted molar refractivity (Wildman–Crippen MR) is 87.2 cm³/mol. The third kappa shape index (κ3) is 3.49. The number of nitrogens with two attached hydrogens (primary N) is 1. The van der Waals surface area contributed by atoms with Crippen LogP contribution in [0.1, 0.15) is 31.4 Å². The summed E-state index contributed by atoms with van der Waals surface area (Å²) in [4.78, 5) is 29.7. The number of rotatable bonds is 4. The van der Waals surface area contributed by atoms with Crippen molar-refractivity contribution in [1.82, 2.24) is 9.88 Å². The van der Waals surface area contributed by atoms with Gasteiger partial charge in [-0.3, -0.25) is 9.59 Å². The van der Waals surface area contributed by atoms with Gasteiger partial charge in [-0.2, -0.15) is 0 Å². The van der Waals surface area contributed by atoms with Crippen LogP contribution >= 0.6 is 11.3 Å². The van der Waals surface area contributed by atoms with Gasteiger partial charge in [0.25, 0.3) is 11.8 Å². The number of carbonyl (C=O) groups is 2. The van der Waals surface area contributed by atoms with Crippen LogP contribution in [-0.2, 0) is 6.54 Å². The van der Waals surface area contributed by atoms with Crippen LogP contribution in [0.15, 0.2) is 23.6 Å². The van der Waals surface area contributed by atoms with Crippen LogP contribution in [0.5, 0.6) is 0 Å². The van der Waals surface area contributed by atoms with Crippen molar-refractivity contribution in [3.8, 4) is 0 Å². The van der Waals surface area contributed by atoms with Gasteiger partial charge in [0.05, 0.1) is 0 Å². The summed E-state index contributed by atoms with van der Waals surface area (Å²) < 4.78 is 0. The molecule has 2 rings (SSSR count). The highest BCUT2D eigenvalue weighted by Crippen LogP contribution is 2.18. The van der Waals surface area contributed by atoms with E-state index in [0.29, 0.717) is 28.5 Å².